The number of furan rings is 1. The molecule has 0 N–H and O–H groups in total. The number of rotatable bonds is 5. The van der Waals surface area contributed by atoms with Gasteiger partial charge in [-0.05, 0) is 78.3 Å². The van der Waals surface area contributed by atoms with Crippen LogP contribution in [0.3, 0.4) is 0 Å². The molecule has 0 atom stereocenters. The van der Waals surface area contributed by atoms with E-state index in [1.165, 1.54) is 27.6 Å². The minimum atomic E-state index is 0.562. The largest absolute Gasteiger partial charge is 0.455 e. The van der Waals surface area contributed by atoms with Crippen molar-refractivity contribution in [2.45, 2.75) is 39.5 Å². The molecule has 2 nitrogen and oxygen atoms in total. The molecule has 0 bridgehead atoms. The van der Waals surface area contributed by atoms with Gasteiger partial charge in [0.2, 0.25) is 0 Å². The van der Waals surface area contributed by atoms with E-state index in [-0.39, 0.29) is 0 Å². The quantitative estimate of drug-likeness (QED) is 0.293. The molecule has 0 radical (unpaired) electrons. The summed E-state index contributed by atoms with van der Waals surface area (Å²) in [4.78, 5) is 4.72. The van der Waals surface area contributed by atoms with E-state index in [1.807, 2.05) is 12.3 Å². The van der Waals surface area contributed by atoms with Crippen molar-refractivity contribution in [3.63, 3.8) is 0 Å². The third-order valence-corrected chi connectivity index (χ3v) is 6.45. The summed E-state index contributed by atoms with van der Waals surface area (Å²) < 4.78 is 6.49. The Balaban J connectivity index is 1.70. The van der Waals surface area contributed by atoms with Crippen LogP contribution in [0.25, 0.3) is 44.3 Å². The minimum Gasteiger partial charge on any atom is -0.455 e. The lowest BCUT2D eigenvalue weighted by molar-refractivity contribution is 0.641. The lowest BCUT2D eigenvalue weighted by Crippen LogP contribution is -1.97. The second-order valence-corrected chi connectivity index (χ2v) is 8.30. The van der Waals surface area contributed by atoms with Gasteiger partial charge in [-0.1, -0.05) is 56.3 Å². The molecule has 154 valence electrons. The van der Waals surface area contributed by atoms with Crippen molar-refractivity contribution in [3.8, 4) is 22.4 Å². The van der Waals surface area contributed by atoms with Gasteiger partial charge in [0, 0.05) is 22.5 Å². The van der Waals surface area contributed by atoms with E-state index < -0.39 is 0 Å². The Morgan fingerprint density at radius 1 is 0.839 bits per heavy atom. The molecule has 0 saturated carbocycles. The summed E-state index contributed by atoms with van der Waals surface area (Å²) in [7, 11) is 0. The highest BCUT2D eigenvalue weighted by atomic mass is 16.3. The number of aryl methyl sites for hydroxylation is 1. The van der Waals surface area contributed by atoms with E-state index >= 15 is 0 Å². The summed E-state index contributed by atoms with van der Waals surface area (Å²) in [6.45, 7) is 6.66. The van der Waals surface area contributed by atoms with Crippen LogP contribution < -0.4 is 0 Å². The monoisotopic (exact) mass is 405 g/mol. The van der Waals surface area contributed by atoms with Crippen molar-refractivity contribution < 1.29 is 4.42 Å². The van der Waals surface area contributed by atoms with E-state index in [0.29, 0.717) is 5.92 Å². The molecule has 2 heterocycles. The van der Waals surface area contributed by atoms with Gasteiger partial charge in [0.05, 0.1) is 5.69 Å². The third-order valence-electron chi connectivity index (χ3n) is 6.45. The van der Waals surface area contributed by atoms with Crippen LogP contribution in [0.15, 0.2) is 83.4 Å². The van der Waals surface area contributed by atoms with Gasteiger partial charge in [-0.15, -0.1) is 0 Å². The van der Waals surface area contributed by atoms with Crippen LogP contribution in [-0.4, -0.2) is 4.98 Å². The third kappa shape index (κ3) is 3.42. The summed E-state index contributed by atoms with van der Waals surface area (Å²) in [5.74, 6) is 0.562. The Hall–Kier alpha value is -3.39. The molecular formula is C29H27NO. The Kier molecular flexibility index (Phi) is 5.07. The van der Waals surface area contributed by atoms with Crippen LogP contribution in [-0.2, 0) is 0 Å². The summed E-state index contributed by atoms with van der Waals surface area (Å²) in [5, 5.41) is 2.34. The summed E-state index contributed by atoms with van der Waals surface area (Å²) in [5.41, 5.74) is 8.83. The highest BCUT2D eigenvalue weighted by Crippen LogP contribution is 2.39. The van der Waals surface area contributed by atoms with Gasteiger partial charge in [-0.3, -0.25) is 4.98 Å². The number of aromatic nitrogens is 1. The maximum absolute atomic E-state index is 6.49. The first-order valence-electron chi connectivity index (χ1n) is 11.2. The van der Waals surface area contributed by atoms with Gasteiger partial charge in [-0.25, -0.2) is 0 Å². The maximum Gasteiger partial charge on any atom is 0.145 e. The second kappa shape index (κ2) is 8.03. The molecule has 0 saturated heterocycles. The first-order chi connectivity index (χ1) is 15.2. The van der Waals surface area contributed by atoms with Crippen molar-refractivity contribution in [3.05, 3.63) is 90.1 Å². The van der Waals surface area contributed by atoms with E-state index in [4.69, 9.17) is 9.40 Å². The van der Waals surface area contributed by atoms with Crippen molar-refractivity contribution in [2.24, 2.45) is 0 Å². The predicted molar refractivity (Wildman–Crippen MR) is 130 cm³/mol. The molecule has 0 aliphatic heterocycles. The molecule has 0 unspecified atom stereocenters. The molecule has 31 heavy (non-hydrogen) atoms. The van der Waals surface area contributed by atoms with Gasteiger partial charge in [0.1, 0.15) is 11.2 Å². The number of nitrogens with zero attached hydrogens (tertiary/aromatic N) is 1. The maximum atomic E-state index is 6.49. The Labute approximate surface area is 183 Å². The Morgan fingerprint density at radius 2 is 1.65 bits per heavy atom. The fourth-order valence-electron chi connectivity index (χ4n) is 4.67. The van der Waals surface area contributed by atoms with E-state index in [2.05, 4.69) is 87.5 Å². The standard InChI is InChI=1S/C29H27NO/c1-4-20(5-2)23-15-16-30-26(17-23)24-13-11-19(3)28-25-14-12-22(18-27(25)31-29(24)28)21-9-7-6-8-10-21/h6-18,20H,4-5H2,1-3H3. The molecule has 0 aliphatic rings. The number of benzene rings is 3. The number of hydrogen-bond donors (Lipinski definition) is 0. The Bertz CT molecular complexity index is 1360. The molecule has 5 rings (SSSR count). The fraction of sp³-hybridized carbons (Fsp3) is 0.207. The van der Waals surface area contributed by atoms with Gasteiger partial charge >= 0.3 is 0 Å². The smallest absolute Gasteiger partial charge is 0.145 e. The molecule has 0 amide bonds. The van der Waals surface area contributed by atoms with Gasteiger partial charge in [0.15, 0.2) is 0 Å². The van der Waals surface area contributed by atoms with Crippen LogP contribution in [0.4, 0.5) is 0 Å². The normalized spacial score (nSPS) is 11.6. The lowest BCUT2D eigenvalue weighted by Gasteiger charge is -2.14. The fourth-order valence-corrected chi connectivity index (χ4v) is 4.67. The topological polar surface area (TPSA) is 26.0 Å². The van der Waals surface area contributed by atoms with Gasteiger partial charge in [-0.2, -0.15) is 0 Å². The summed E-state index contributed by atoms with van der Waals surface area (Å²) in [6.07, 6.45) is 4.21. The van der Waals surface area contributed by atoms with E-state index in [9.17, 15) is 0 Å². The van der Waals surface area contributed by atoms with Crippen molar-refractivity contribution in [1.82, 2.24) is 4.98 Å². The molecule has 0 aliphatic carbocycles. The zero-order chi connectivity index (χ0) is 21.4. The zero-order valence-electron chi connectivity index (χ0n) is 18.4. The van der Waals surface area contributed by atoms with Crippen molar-refractivity contribution in [2.75, 3.05) is 0 Å². The second-order valence-electron chi connectivity index (χ2n) is 8.30. The van der Waals surface area contributed by atoms with Crippen LogP contribution in [0.5, 0.6) is 0 Å². The summed E-state index contributed by atoms with van der Waals surface area (Å²) >= 11 is 0. The lowest BCUT2D eigenvalue weighted by atomic mass is 9.93. The molecule has 2 heteroatoms. The molecule has 3 aromatic carbocycles. The first kappa shape index (κ1) is 19.6. The highest BCUT2D eigenvalue weighted by molar-refractivity contribution is 6.11. The zero-order valence-corrected chi connectivity index (χ0v) is 18.4. The average Bonchev–Trinajstić information content (AvgIpc) is 3.20. The molecule has 0 spiro atoms. The van der Waals surface area contributed by atoms with Crippen LogP contribution in [0.2, 0.25) is 0 Å². The highest BCUT2D eigenvalue weighted by Gasteiger charge is 2.17. The average molecular weight is 406 g/mol. The first-order valence-corrected chi connectivity index (χ1v) is 11.2. The number of pyridine rings is 1. The molecule has 5 aromatic rings. The van der Waals surface area contributed by atoms with E-state index in [0.717, 1.165) is 40.7 Å². The van der Waals surface area contributed by atoms with Gasteiger partial charge in [0.25, 0.3) is 0 Å². The summed E-state index contributed by atoms with van der Waals surface area (Å²) in [6, 6.07) is 25.7. The molecular weight excluding hydrogens is 378 g/mol. The predicted octanol–water partition coefficient (Wildman–Crippen LogP) is 8.53. The molecule has 2 aromatic heterocycles. The minimum absolute atomic E-state index is 0.562. The number of fused-ring (bicyclic) bond motifs is 3. The van der Waals surface area contributed by atoms with Crippen molar-refractivity contribution in [1.29, 1.82) is 0 Å². The van der Waals surface area contributed by atoms with Crippen LogP contribution >= 0.6 is 0 Å². The van der Waals surface area contributed by atoms with Gasteiger partial charge < -0.3 is 4.42 Å². The van der Waals surface area contributed by atoms with Crippen molar-refractivity contribution >= 4 is 21.9 Å². The van der Waals surface area contributed by atoms with E-state index in [1.54, 1.807) is 0 Å². The molecule has 0 fully saturated rings. The SMILES string of the molecule is CCC(CC)c1ccnc(-c2ccc(C)c3c2oc2cc(-c4ccccc4)ccc23)c1. The Morgan fingerprint density at radius 3 is 2.42 bits per heavy atom. The van der Waals surface area contributed by atoms with Crippen LogP contribution in [0.1, 0.15) is 43.7 Å². The van der Waals surface area contributed by atoms with Crippen LogP contribution in [0, 0.1) is 6.92 Å². The number of hydrogen-bond acceptors (Lipinski definition) is 2.